The van der Waals surface area contributed by atoms with Crippen LogP contribution in [0.15, 0.2) is 6.20 Å². The summed E-state index contributed by atoms with van der Waals surface area (Å²) in [6.45, 7) is 9.14. The summed E-state index contributed by atoms with van der Waals surface area (Å²) in [6, 6.07) is 0. The van der Waals surface area contributed by atoms with E-state index >= 15 is 0 Å². The first-order chi connectivity index (χ1) is 10.4. The summed E-state index contributed by atoms with van der Waals surface area (Å²) in [5.41, 5.74) is -1.42. The van der Waals surface area contributed by atoms with Crippen LogP contribution < -0.4 is 16.0 Å². The maximum atomic E-state index is 11.1. The van der Waals surface area contributed by atoms with Gasteiger partial charge >= 0.3 is 11.8 Å². The molecule has 0 atom stereocenters. The first-order valence-corrected chi connectivity index (χ1v) is 6.94. The quantitative estimate of drug-likeness (QED) is 0.459. The number of anilines is 2. The topological polar surface area (TPSA) is 142 Å². The molecule has 1 rings (SSSR count). The molecule has 0 aliphatic rings. The van der Waals surface area contributed by atoms with E-state index in [1.807, 2.05) is 20.8 Å². The van der Waals surface area contributed by atoms with Gasteiger partial charge in [-0.1, -0.05) is 0 Å². The van der Waals surface area contributed by atoms with E-state index in [2.05, 4.69) is 25.9 Å². The van der Waals surface area contributed by atoms with Crippen LogP contribution in [0.3, 0.4) is 0 Å². The van der Waals surface area contributed by atoms with E-state index in [9.17, 15) is 14.9 Å². The molecule has 1 amide bonds. The lowest BCUT2D eigenvalue weighted by Crippen LogP contribution is -2.47. The minimum atomic E-state index is -1.18. The molecule has 1 aromatic heterocycles. The molecule has 1 heterocycles. The van der Waals surface area contributed by atoms with Crippen molar-refractivity contribution >= 4 is 23.5 Å². The molecule has 0 spiro atoms. The third-order valence-electron chi connectivity index (χ3n) is 2.60. The third-order valence-corrected chi connectivity index (χ3v) is 2.60. The van der Waals surface area contributed by atoms with E-state index < -0.39 is 16.6 Å². The SMILES string of the molecule is CC(C)(C)Nc1ncc([N+](=O)[O-])c(NCC(C)(C)NC(=O)O)n1. The Balaban J connectivity index is 2.99. The summed E-state index contributed by atoms with van der Waals surface area (Å²) in [4.78, 5) is 29.2. The Morgan fingerprint density at radius 1 is 1.35 bits per heavy atom. The lowest BCUT2D eigenvalue weighted by Gasteiger charge is -2.25. The second kappa shape index (κ2) is 6.63. The highest BCUT2D eigenvalue weighted by molar-refractivity contribution is 5.65. The van der Waals surface area contributed by atoms with Crippen molar-refractivity contribution < 1.29 is 14.8 Å². The molecule has 10 heteroatoms. The number of carbonyl (C=O) groups is 1. The number of nitro groups is 1. The second-order valence-electron chi connectivity index (χ2n) is 6.73. The van der Waals surface area contributed by atoms with E-state index in [1.54, 1.807) is 13.8 Å². The lowest BCUT2D eigenvalue weighted by molar-refractivity contribution is -0.384. The number of rotatable bonds is 6. The Bertz CT molecular complexity index is 597. The predicted octanol–water partition coefficient (Wildman–Crippen LogP) is 2.05. The Morgan fingerprint density at radius 3 is 2.43 bits per heavy atom. The maximum absolute atomic E-state index is 11.1. The van der Waals surface area contributed by atoms with Gasteiger partial charge in [-0.2, -0.15) is 4.98 Å². The maximum Gasteiger partial charge on any atom is 0.405 e. The summed E-state index contributed by atoms with van der Waals surface area (Å²) in [5.74, 6) is 0.270. The van der Waals surface area contributed by atoms with Gasteiger partial charge in [-0.25, -0.2) is 9.78 Å². The van der Waals surface area contributed by atoms with Crippen LogP contribution in [0, 0.1) is 10.1 Å². The van der Waals surface area contributed by atoms with E-state index in [-0.39, 0.29) is 29.5 Å². The number of hydrogen-bond donors (Lipinski definition) is 4. The summed E-state index contributed by atoms with van der Waals surface area (Å²) < 4.78 is 0. The average molecular weight is 326 g/mol. The van der Waals surface area contributed by atoms with Crippen molar-refractivity contribution in [1.29, 1.82) is 0 Å². The van der Waals surface area contributed by atoms with Gasteiger partial charge in [0, 0.05) is 12.1 Å². The van der Waals surface area contributed by atoms with Crippen molar-refractivity contribution in [3.63, 3.8) is 0 Å². The molecule has 23 heavy (non-hydrogen) atoms. The van der Waals surface area contributed by atoms with Crippen LogP contribution in [0.1, 0.15) is 34.6 Å². The zero-order chi connectivity index (χ0) is 17.8. The number of nitrogens with zero attached hydrogens (tertiary/aromatic N) is 3. The van der Waals surface area contributed by atoms with E-state index in [0.717, 1.165) is 6.20 Å². The Morgan fingerprint density at radius 2 is 1.96 bits per heavy atom. The van der Waals surface area contributed by atoms with Crippen LogP contribution in [-0.2, 0) is 0 Å². The van der Waals surface area contributed by atoms with Crippen LogP contribution in [0.5, 0.6) is 0 Å². The molecule has 0 aliphatic heterocycles. The van der Waals surface area contributed by atoms with Gasteiger partial charge in [0.05, 0.1) is 10.5 Å². The van der Waals surface area contributed by atoms with Crippen LogP contribution in [0.4, 0.5) is 22.2 Å². The lowest BCUT2D eigenvalue weighted by atomic mass is 10.1. The number of carboxylic acid groups (broad SMARTS) is 1. The third kappa shape index (κ3) is 6.32. The molecular formula is C13H22N6O4. The van der Waals surface area contributed by atoms with Gasteiger partial charge in [0.2, 0.25) is 11.8 Å². The molecule has 0 saturated carbocycles. The summed E-state index contributed by atoms with van der Waals surface area (Å²) >= 11 is 0. The predicted molar refractivity (Wildman–Crippen MR) is 85.8 cm³/mol. The minimum Gasteiger partial charge on any atom is -0.465 e. The molecule has 0 aliphatic carbocycles. The Labute approximate surface area is 133 Å². The van der Waals surface area contributed by atoms with Gasteiger partial charge < -0.3 is 21.1 Å². The number of nitrogens with one attached hydrogen (secondary N) is 3. The highest BCUT2D eigenvalue weighted by atomic mass is 16.6. The number of amides is 1. The monoisotopic (exact) mass is 326 g/mol. The first-order valence-electron chi connectivity index (χ1n) is 6.94. The standard InChI is InChI=1S/C13H22N6O4/c1-12(2,3)17-10-14-6-8(19(22)23)9(16-10)15-7-13(4,5)18-11(20)21/h6,18H,7H2,1-5H3,(H,20,21)(H2,14,15,16,17). The van der Waals surface area contributed by atoms with E-state index in [1.165, 1.54) is 0 Å². The fourth-order valence-corrected chi connectivity index (χ4v) is 1.67. The zero-order valence-electron chi connectivity index (χ0n) is 13.8. The van der Waals surface area contributed by atoms with Gasteiger partial charge in [0.15, 0.2) is 0 Å². The highest BCUT2D eigenvalue weighted by Crippen LogP contribution is 2.23. The molecule has 0 radical (unpaired) electrons. The fraction of sp³-hybridized carbons (Fsp3) is 0.615. The van der Waals surface area contributed by atoms with Crippen molar-refractivity contribution in [2.45, 2.75) is 45.7 Å². The summed E-state index contributed by atoms with van der Waals surface area (Å²) in [5, 5.41) is 28.0. The molecule has 128 valence electrons. The van der Waals surface area contributed by atoms with Crippen molar-refractivity contribution in [1.82, 2.24) is 15.3 Å². The smallest absolute Gasteiger partial charge is 0.405 e. The highest BCUT2D eigenvalue weighted by Gasteiger charge is 2.24. The first kappa shape index (κ1) is 18.4. The molecule has 4 N–H and O–H groups in total. The van der Waals surface area contributed by atoms with Gasteiger partial charge in [-0.15, -0.1) is 0 Å². The van der Waals surface area contributed by atoms with Crippen molar-refractivity contribution in [2.75, 3.05) is 17.2 Å². The Hall–Kier alpha value is -2.65. The van der Waals surface area contributed by atoms with Gasteiger partial charge in [-0.3, -0.25) is 10.1 Å². The molecule has 0 saturated heterocycles. The normalized spacial score (nSPS) is 11.7. The molecule has 0 fully saturated rings. The molecule has 0 aromatic carbocycles. The number of hydrogen-bond acceptors (Lipinski definition) is 7. The fourth-order valence-electron chi connectivity index (χ4n) is 1.67. The van der Waals surface area contributed by atoms with Crippen LogP contribution >= 0.6 is 0 Å². The van der Waals surface area contributed by atoms with E-state index in [0.29, 0.717) is 0 Å². The molecule has 0 bridgehead atoms. The van der Waals surface area contributed by atoms with Gasteiger partial charge in [0.1, 0.15) is 6.20 Å². The molecular weight excluding hydrogens is 304 g/mol. The largest absolute Gasteiger partial charge is 0.465 e. The molecule has 10 nitrogen and oxygen atoms in total. The van der Waals surface area contributed by atoms with Crippen LogP contribution in [0.25, 0.3) is 0 Å². The zero-order valence-corrected chi connectivity index (χ0v) is 13.8. The minimum absolute atomic E-state index is 0.0250. The summed E-state index contributed by atoms with van der Waals surface area (Å²) in [6.07, 6.45) is -0.0646. The average Bonchev–Trinajstić information content (AvgIpc) is 2.32. The number of aromatic nitrogens is 2. The Kier molecular flexibility index (Phi) is 5.30. The molecule has 0 unspecified atom stereocenters. The van der Waals surface area contributed by atoms with Crippen molar-refractivity contribution in [3.8, 4) is 0 Å². The van der Waals surface area contributed by atoms with Gasteiger partial charge in [0.25, 0.3) is 0 Å². The van der Waals surface area contributed by atoms with Crippen molar-refractivity contribution in [2.24, 2.45) is 0 Å². The second-order valence-corrected chi connectivity index (χ2v) is 6.73. The van der Waals surface area contributed by atoms with E-state index in [4.69, 9.17) is 5.11 Å². The van der Waals surface area contributed by atoms with Gasteiger partial charge in [-0.05, 0) is 34.6 Å². The summed E-state index contributed by atoms with van der Waals surface area (Å²) in [7, 11) is 0. The molecule has 1 aromatic rings. The van der Waals surface area contributed by atoms with Crippen LogP contribution in [-0.4, -0.2) is 43.7 Å². The van der Waals surface area contributed by atoms with Crippen molar-refractivity contribution in [3.05, 3.63) is 16.3 Å². The van der Waals surface area contributed by atoms with Crippen LogP contribution in [0.2, 0.25) is 0 Å².